The lowest BCUT2D eigenvalue weighted by Gasteiger charge is -2.10. The molecule has 130 valence electrons. The summed E-state index contributed by atoms with van der Waals surface area (Å²) in [5.41, 5.74) is 1.79. The lowest BCUT2D eigenvalue weighted by Crippen LogP contribution is -2.13. The van der Waals surface area contributed by atoms with E-state index in [-0.39, 0.29) is 4.90 Å². The summed E-state index contributed by atoms with van der Waals surface area (Å²) in [6.07, 6.45) is 1.58. The molecule has 2 aromatic carbocycles. The molecule has 0 unspecified atom stereocenters. The first-order valence-corrected chi connectivity index (χ1v) is 9.28. The number of para-hydroxylation sites is 1. The van der Waals surface area contributed by atoms with E-state index in [9.17, 15) is 8.42 Å². The molecule has 0 spiro atoms. The van der Waals surface area contributed by atoms with Gasteiger partial charge in [-0.3, -0.25) is 9.71 Å². The molecule has 3 aromatic rings. The maximum atomic E-state index is 12.7. The van der Waals surface area contributed by atoms with E-state index in [0.29, 0.717) is 24.4 Å². The Labute approximate surface area is 146 Å². The van der Waals surface area contributed by atoms with E-state index in [1.54, 1.807) is 48.7 Å². The minimum Gasteiger partial charge on any atom is -0.280 e. The quantitative estimate of drug-likeness (QED) is 0.397. The Bertz CT molecular complexity index is 951. The van der Waals surface area contributed by atoms with Gasteiger partial charge in [-0.25, -0.2) is 18.2 Å². The van der Waals surface area contributed by atoms with Gasteiger partial charge in [0.1, 0.15) is 11.5 Å². The number of fused-ring (bicyclic) bond motifs is 1. The highest BCUT2D eigenvalue weighted by molar-refractivity contribution is 7.93. The first kappa shape index (κ1) is 17.3. The Kier molecular flexibility index (Phi) is 5.28. The summed E-state index contributed by atoms with van der Waals surface area (Å²) in [6.45, 7) is 2.60. The third-order valence-electron chi connectivity index (χ3n) is 3.52. The predicted octanol–water partition coefficient (Wildman–Crippen LogP) is 3.50. The second-order valence-electron chi connectivity index (χ2n) is 5.30. The number of hydrogen-bond donors (Lipinski definition) is 1. The highest BCUT2D eigenvalue weighted by Gasteiger charge is 2.18. The van der Waals surface area contributed by atoms with E-state index in [1.807, 2.05) is 19.1 Å². The highest BCUT2D eigenvalue weighted by atomic mass is 32.2. The Morgan fingerprint density at radius 2 is 1.76 bits per heavy atom. The molecule has 0 amide bonds. The summed E-state index contributed by atoms with van der Waals surface area (Å²) in [7, 11) is -3.74. The van der Waals surface area contributed by atoms with Gasteiger partial charge in [0.05, 0.1) is 12.1 Å². The third-order valence-corrected chi connectivity index (χ3v) is 4.93. The van der Waals surface area contributed by atoms with E-state index >= 15 is 0 Å². The molecule has 0 bridgehead atoms. The Hall–Kier alpha value is -2.48. The molecule has 0 atom stereocenters. The second-order valence-corrected chi connectivity index (χ2v) is 6.95. The fourth-order valence-corrected chi connectivity index (χ4v) is 3.60. The van der Waals surface area contributed by atoms with Gasteiger partial charge in [0.15, 0.2) is 0 Å². The zero-order valence-corrected chi connectivity index (χ0v) is 14.5. The van der Waals surface area contributed by atoms with Crippen molar-refractivity contribution < 1.29 is 18.2 Å². The van der Waals surface area contributed by atoms with Crippen molar-refractivity contribution in [1.29, 1.82) is 0 Å². The van der Waals surface area contributed by atoms with Crippen LogP contribution in [0.2, 0.25) is 0 Å². The van der Waals surface area contributed by atoms with Crippen LogP contribution >= 0.6 is 0 Å². The van der Waals surface area contributed by atoms with Gasteiger partial charge >= 0.3 is 0 Å². The van der Waals surface area contributed by atoms with Crippen LogP contribution in [0.5, 0.6) is 0 Å². The third kappa shape index (κ3) is 4.14. The molecule has 0 aliphatic heterocycles. The maximum absolute atomic E-state index is 12.7. The maximum Gasteiger partial charge on any atom is 0.264 e. The fourth-order valence-electron chi connectivity index (χ4n) is 2.37. The molecular weight excluding hydrogens is 340 g/mol. The van der Waals surface area contributed by atoms with Gasteiger partial charge in [0, 0.05) is 17.3 Å². The normalized spacial score (nSPS) is 11.6. The molecule has 25 heavy (non-hydrogen) atoms. The van der Waals surface area contributed by atoms with Gasteiger partial charge in [0.2, 0.25) is 0 Å². The van der Waals surface area contributed by atoms with E-state index in [4.69, 9.17) is 9.78 Å². The van der Waals surface area contributed by atoms with Crippen LogP contribution in [0, 0.1) is 0 Å². The molecule has 0 aliphatic carbocycles. The first-order valence-electron chi connectivity index (χ1n) is 7.80. The number of rotatable bonds is 7. The van der Waals surface area contributed by atoms with Crippen molar-refractivity contribution in [2.75, 3.05) is 11.3 Å². The number of benzene rings is 2. The number of nitrogens with zero attached hydrogens (tertiary/aromatic N) is 1. The van der Waals surface area contributed by atoms with Gasteiger partial charge < -0.3 is 0 Å². The summed E-state index contributed by atoms with van der Waals surface area (Å²) in [5, 5.41) is 0.772. The summed E-state index contributed by atoms with van der Waals surface area (Å²) in [5.74, 6) is 0. The van der Waals surface area contributed by atoms with Crippen molar-refractivity contribution in [2.45, 2.75) is 18.4 Å². The van der Waals surface area contributed by atoms with Crippen LogP contribution in [0.1, 0.15) is 12.5 Å². The summed E-state index contributed by atoms with van der Waals surface area (Å²) >= 11 is 0. The highest BCUT2D eigenvalue weighted by Crippen LogP contribution is 2.23. The summed E-state index contributed by atoms with van der Waals surface area (Å²) in [6, 6.07) is 15.6. The second kappa shape index (κ2) is 7.60. The minimum absolute atomic E-state index is 0.148. The summed E-state index contributed by atoms with van der Waals surface area (Å²) < 4.78 is 28.0. The van der Waals surface area contributed by atoms with Crippen LogP contribution in [0.4, 0.5) is 5.69 Å². The average molecular weight is 358 g/mol. The predicted molar refractivity (Wildman–Crippen MR) is 95.4 cm³/mol. The van der Waals surface area contributed by atoms with Crippen LogP contribution < -0.4 is 4.72 Å². The standard InChI is InChI=1S/C18H18N2O4S/c1-2-23-24-13-14-8-10-16(11-9-14)20-25(21,22)17-7-3-5-15-6-4-12-19-18(15)17/h3-12,20H,2,13H2,1H3. The zero-order chi connectivity index (χ0) is 17.7. The molecule has 3 rings (SSSR count). The number of nitrogens with one attached hydrogen (secondary N) is 1. The Morgan fingerprint density at radius 1 is 1.00 bits per heavy atom. The van der Waals surface area contributed by atoms with Gasteiger partial charge in [-0.2, -0.15) is 0 Å². The van der Waals surface area contributed by atoms with Crippen molar-refractivity contribution in [3.05, 3.63) is 66.4 Å². The van der Waals surface area contributed by atoms with E-state index in [1.165, 1.54) is 0 Å². The van der Waals surface area contributed by atoms with Crippen LogP contribution in [-0.4, -0.2) is 20.0 Å². The molecule has 0 saturated heterocycles. The number of anilines is 1. The molecule has 0 radical (unpaired) electrons. The molecule has 0 fully saturated rings. The fraction of sp³-hybridized carbons (Fsp3) is 0.167. The van der Waals surface area contributed by atoms with Gasteiger partial charge in [-0.1, -0.05) is 30.3 Å². The van der Waals surface area contributed by atoms with Crippen LogP contribution in [0.3, 0.4) is 0 Å². The smallest absolute Gasteiger partial charge is 0.264 e. The SMILES string of the molecule is CCOOCc1ccc(NS(=O)(=O)c2cccc3cccnc23)cc1. The number of sulfonamides is 1. The molecule has 1 N–H and O–H groups in total. The lowest BCUT2D eigenvalue weighted by atomic mass is 10.2. The average Bonchev–Trinajstić information content (AvgIpc) is 2.62. The van der Waals surface area contributed by atoms with Crippen LogP contribution in [0.15, 0.2) is 65.7 Å². The number of aromatic nitrogens is 1. The van der Waals surface area contributed by atoms with Crippen LogP contribution in [-0.2, 0) is 26.4 Å². The van der Waals surface area contributed by atoms with Gasteiger partial charge in [-0.05, 0) is 36.8 Å². The topological polar surface area (TPSA) is 77.5 Å². The van der Waals surface area contributed by atoms with Crippen molar-refractivity contribution in [3.63, 3.8) is 0 Å². The molecule has 1 aromatic heterocycles. The molecular formula is C18H18N2O4S. The van der Waals surface area contributed by atoms with Crippen molar-refractivity contribution in [2.24, 2.45) is 0 Å². The van der Waals surface area contributed by atoms with Crippen molar-refractivity contribution in [1.82, 2.24) is 4.98 Å². The Balaban J connectivity index is 1.81. The lowest BCUT2D eigenvalue weighted by molar-refractivity contribution is -0.300. The van der Waals surface area contributed by atoms with E-state index < -0.39 is 10.0 Å². The number of pyridine rings is 1. The van der Waals surface area contributed by atoms with Gasteiger partial charge in [0.25, 0.3) is 10.0 Å². The molecule has 0 saturated carbocycles. The van der Waals surface area contributed by atoms with Crippen molar-refractivity contribution in [3.8, 4) is 0 Å². The monoisotopic (exact) mass is 358 g/mol. The molecule has 0 aliphatic rings. The minimum atomic E-state index is -3.74. The van der Waals surface area contributed by atoms with E-state index in [0.717, 1.165) is 10.9 Å². The molecule has 6 nitrogen and oxygen atoms in total. The molecule has 7 heteroatoms. The first-order chi connectivity index (χ1) is 12.1. The Morgan fingerprint density at radius 3 is 2.52 bits per heavy atom. The number of hydrogen-bond acceptors (Lipinski definition) is 5. The zero-order valence-electron chi connectivity index (χ0n) is 13.7. The van der Waals surface area contributed by atoms with E-state index in [2.05, 4.69) is 9.71 Å². The van der Waals surface area contributed by atoms with Crippen LogP contribution in [0.25, 0.3) is 10.9 Å². The largest absolute Gasteiger partial charge is 0.280 e. The summed E-state index contributed by atoms with van der Waals surface area (Å²) in [4.78, 5) is 14.2. The molecule has 1 heterocycles. The van der Waals surface area contributed by atoms with Crippen molar-refractivity contribution >= 4 is 26.6 Å². The van der Waals surface area contributed by atoms with Gasteiger partial charge in [-0.15, -0.1) is 0 Å².